The zero-order valence-electron chi connectivity index (χ0n) is 16.0. The highest BCUT2D eigenvalue weighted by Crippen LogP contribution is 2.37. The van der Waals surface area contributed by atoms with E-state index in [1.165, 1.54) is 15.8 Å². The number of ether oxygens (including phenoxy) is 2. The average molecular weight is 515 g/mol. The number of aromatic nitrogens is 1. The summed E-state index contributed by atoms with van der Waals surface area (Å²) in [5.74, 6) is 1.87. The monoisotopic (exact) mass is 515 g/mol. The van der Waals surface area contributed by atoms with Gasteiger partial charge in [0, 0.05) is 15.3 Å². The first-order valence-electron chi connectivity index (χ1n) is 9.14. The number of benzene rings is 1. The smallest absolute Gasteiger partial charge is 0.433 e. The van der Waals surface area contributed by atoms with E-state index in [9.17, 15) is 13.2 Å². The van der Waals surface area contributed by atoms with Gasteiger partial charge in [0.05, 0.1) is 7.11 Å². The first kappa shape index (κ1) is 21.7. The largest absolute Gasteiger partial charge is 0.493 e. The lowest BCUT2D eigenvalue weighted by atomic mass is 9.83. The number of allylic oxidation sites excluding steroid dienone is 4. The van der Waals surface area contributed by atoms with Crippen LogP contribution >= 0.6 is 22.6 Å². The maximum absolute atomic E-state index is 12.6. The summed E-state index contributed by atoms with van der Waals surface area (Å²) in [6, 6.07) is 8.13. The summed E-state index contributed by atoms with van der Waals surface area (Å²) >= 11 is 2.33. The van der Waals surface area contributed by atoms with Crippen molar-refractivity contribution in [1.82, 2.24) is 4.98 Å². The fraction of sp³-hybridized carbons (Fsp3) is 0.318. The van der Waals surface area contributed by atoms with Gasteiger partial charge < -0.3 is 9.47 Å². The van der Waals surface area contributed by atoms with Gasteiger partial charge in [-0.25, -0.2) is 0 Å². The van der Waals surface area contributed by atoms with E-state index < -0.39 is 11.9 Å². The Morgan fingerprint density at radius 3 is 2.62 bits per heavy atom. The number of methoxy groups -OCH3 is 1. The highest BCUT2D eigenvalue weighted by atomic mass is 127. The predicted octanol–water partition coefficient (Wildman–Crippen LogP) is 6.69. The maximum atomic E-state index is 12.6. The molecule has 0 aliphatic heterocycles. The first-order valence-corrected chi connectivity index (χ1v) is 10.2. The molecule has 3 nitrogen and oxygen atoms in total. The van der Waals surface area contributed by atoms with E-state index in [4.69, 9.17) is 9.47 Å². The van der Waals surface area contributed by atoms with Crippen LogP contribution < -0.4 is 9.47 Å². The van der Waals surface area contributed by atoms with Crippen LogP contribution in [0.1, 0.15) is 36.1 Å². The third-order valence-corrected chi connectivity index (χ3v) is 5.64. The Morgan fingerprint density at radius 1 is 1.21 bits per heavy atom. The van der Waals surface area contributed by atoms with E-state index in [1.54, 1.807) is 7.11 Å². The van der Waals surface area contributed by atoms with Gasteiger partial charge in [0.1, 0.15) is 12.3 Å². The summed E-state index contributed by atoms with van der Waals surface area (Å²) < 4.78 is 50.3. The molecular formula is C22H21F3INO2. The molecule has 0 N–H and O–H groups in total. The summed E-state index contributed by atoms with van der Waals surface area (Å²) in [6.45, 7) is 2.29. The Kier molecular flexibility index (Phi) is 6.87. The van der Waals surface area contributed by atoms with Crippen molar-refractivity contribution >= 4 is 22.6 Å². The normalized spacial score (nSPS) is 17.6. The van der Waals surface area contributed by atoms with Crippen LogP contribution in [0.2, 0.25) is 0 Å². The molecule has 154 valence electrons. The number of hydrogen-bond acceptors (Lipinski definition) is 3. The Labute approximate surface area is 181 Å². The second-order valence-electron chi connectivity index (χ2n) is 6.89. The molecule has 0 spiro atoms. The molecule has 2 atom stereocenters. The van der Waals surface area contributed by atoms with Crippen molar-refractivity contribution in [1.29, 1.82) is 0 Å². The van der Waals surface area contributed by atoms with E-state index >= 15 is 0 Å². The number of rotatable bonds is 6. The minimum atomic E-state index is -4.45. The molecular weight excluding hydrogens is 494 g/mol. The second-order valence-corrected chi connectivity index (χ2v) is 8.14. The number of pyridine rings is 1. The predicted molar refractivity (Wildman–Crippen MR) is 114 cm³/mol. The van der Waals surface area contributed by atoms with Gasteiger partial charge in [-0.15, -0.1) is 0 Å². The number of nitrogens with zero attached hydrogens (tertiary/aromatic N) is 1. The second kappa shape index (κ2) is 9.19. The molecule has 0 fully saturated rings. The van der Waals surface area contributed by atoms with Crippen LogP contribution in [0.5, 0.6) is 11.5 Å². The van der Waals surface area contributed by atoms with Crippen molar-refractivity contribution in [3.8, 4) is 11.5 Å². The van der Waals surface area contributed by atoms with Crippen LogP contribution in [0.3, 0.4) is 0 Å². The van der Waals surface area contributed by atoms with Gasteiger partial charge in [-0.05, 0) is 64.6 Å². The van der Waals surface area contributed by atoms with Crippen LogP contribution in [-0.2, 0) is 12.8 Å². The van der Waals surface area contributed by atoms with Crippen molar-refractivity contribution in [3.05, 3.63) is 75.2 Å². The van der Waals surface area contributed by atoms with Crippen molar-refractivity contribution in [2.45, 2.75) is 32.0 Å². The zero-order valence-corrected chi connectivity index (χ0v) is 18.2. The van der Waals surface area contributed by atoms with E-state index in [2.05, 4.69) is 52.7 Å². The quantitative estimate of drug-likeness (QED) is 0.402. The molecule has 0 saturated heterocycles. The van der Waals surface area contributed by atoms with E-state index in [-0.39, 0.29) is 6.61 Å². The molecule has 0 saturated carbocycles. The minimum Gasteiger partial charge on any atom is -0.493 e. The SMILES string of the molecule is COc1cc(C(C)C2C=C(I)C=CC2)ccc1OCc1ccc(C(F)(F)F)nc1. The summed E-state index contributed by atoms with van der Waals surface area (Å²) in [5, 5.41) is 0. The molecule has 0 bridgehead atoms. The third-order valence-electron chi connectivity index (χ3n) is 4.92. The van der Waals surface area contributed by atoms with Crippen LogP contribution in [-0.4, -0.2) is 12.1 Å². The van der Waals surface area contributed by atoms with Crippen molar-refractivity contribution in [2.75, 3.05) is 7.11 Å². The fourth-order valence-electron chi connectivity index (χ4n) is 3.19. The topological polar surface area (TPSA) is 31.4 Å². The molecule has 1 heterocycles. The van der Waals surface area contributed by atoms with Gasteiger partial charge in [0.15, 0.2) is 11.5 Å². The molecule has 1 aromatic carbocycles. The van der Waals surface area contributed by atoms with Gasteiger partial charge >= 0.3 is 6.18 Å². The Morgan fingerprint density at radius 2 is 2.00 bits per heavy atom. The standard InChI is InChI=1S/C22H21F3INO2/c1-14(16-4-3-5-18(26)10-16)17-7-8-19(20(11-17)28-2)29-13-15-6-9-21(27-12-15)22(23,24)25/h3,5-12,14,16H,4,13H2,1-2H3. The van der Waals surface area contributed by atoms with E-state index in [0.29, 0.717) is 28.9 Å². The van der Waals surface area contributed by atoms with Gasteiger partial charge in [0.2, 0.25) is 0 Å². The lowest BCUT2D eigenvalue weighted by Crippen LogP contribution is -2.10. The number of hydrogen-bond donors (Lipinski definition) is 0. The van der Waals surface area contributed by atoms with E-state index in [1.807, 2.05) is 18.2 Å². The molecule has 0 amide bonds. The van der Waals surface area contributed by atoms with Gasteiger partial charge in [-0.2, -0.15) is 13.2 Å². The molecule has 2 aromatic rings. The van der Waals surface area contributed by atoms with Crippen LogP contribution in [0.4, 0.5) is 13.2 Å². The van der Waals surface area contributed by atoms with Crippen molar-refractivity contribution < 1.29 is 22.6 Å². The average Bonchev–Trinajstić information content (AvgIpc) is 2.71. The van der Waals surface area contributed by atoms with Gasteiger partial charge in [-0.1, -0.05) is 37.3 Å². The highest BCUT2D eigenvalue weighted by Gasteiger charge is 2.32. The molecule has 1 aliphatic carbocycles. The van der Waals surface area contributed by atoms with Gasteiger partial charge in [-0.3, -0.25) is 4.98 Å². The maximum Gasteiger partial charge on any atom is 0.433 e. The molecule has 3 rings (SSSR count). The summed E-state index contributed by atoms with van der Waals surface area (Å²) in [6.07, 6.45) is 4.31. The van der Waals surface area contributed by atoms with Crippen molar-refractivity contribution in [3.63, 3.8) is 0 Å². The van der Waals surface area contributed by atoms with Crippen LogP contribution in [0, 0.1) is 5.92 Å². The van der Waals surface area contributed by atoms with Gasteiger partial charge in [0.25, 0.3) is 0 Å². The number of halogens is 4. The molecule has 1 aliphatic rings. The third kappa shape index (κ3) is 5.52. The minimum absolute atomic E-state index is 0.102. The molecule has 2 unspecified atom stereocenters. The highest BCUT2D eigenvalue weighted by molar-refractivity contribution is 14.1. The first-order chi connectivity index (χ1) is 13.8. The summed E-state index contributed by atoms with van der Waals surface area (Å²) in [5.41, 5.74) is 0.774. The summed E-state index contributed by atoms with van der Waals surface area (Å²) in [7, 11) is 1.57. The van der Waals surface area contributed by atoms with Crippen LogP contribution in [0.25, 0.3) is 0 Å². The van der Waals surface area contributed by atoms with Crippen LogP contribution in [0.15, 0.2) is 58.3 Å². The molecule has 29 heavy (non-hydrogen) atoms. The fourth-order valence-corrected chi connectivity index (χ4v) is 3.90. The molecule has 7 heteroatoms. The van der Waals surface area contributed by atoms with E-state index in [0.717, 1.165) is 18.1 Å². The lowest BCUT2D eigenvalue weighted by molar-refractivity contribution is -0.141. The number of alkyl halides is 3. The van der Waals surface area contributed by atoms with Crippen molar-refractivity contribution in [2.24, 2.45) is 5.92 Å². The Bertz CT molecular complexity index is 907. The Hall–Kier alpha value is -2.03. The summed E-state index contributed by atoms with van der Waals surface area (Å²) in [4.78, 5) is 3.45. The zero-order chi connectivity index (χ0) is 21.0. The lowest BCUT2D eigenvalue weighted by Gasteiger charge is -2.23. The molecule has 1 aromatic heterocycles. The molecule has 0 radical (unpaired) electrons. The Balaban J connectivity index is 1.70.